The van der Waals surface area contributed by atoms with E-state index in [1.54, 1.807) is 30.9 Å². The number of carbonyl (C=O) groups excluding carboxylic acids is 2. The van der Waals surface area contributed by atoms with Crippen molar-refractivity contribution in [1.29, 1.82) is 0 Å². The molecule has 3 aromatic rings. The second-order valence-corrected chi connectivity index (χ2v) is 10.3. The van der Waals surface area contributed by atoms with Gasteiger partial charge < -0.3 is 14.6 Å². The maximum atomic E-state index is 14.1. The number of fused-ring (bicyclic) bond motifs is 1. The van der Waals surface area contributed by atoms with Crippen molar-refractivity contribution >= 4 is 34.5 Å². The minimum absolute atomic E-state index is 0.0381. The number of nitrogens with zero attached hydrogens (tertiary/aromatic N) is 2. The number of carbonyl (C=O) groups is 2. The van der Waals surface area contributed by atoms with E-state index in [1.165, 1.54) is 12.1 Å². The lowest BCUT2D eigenvalue weighted by Gasteiger charge is -2.34. The first-order valence-electron chi connectivity index (χ1n) is 10.9. The van der Waals surface area contributed by atoms with Crippen LogP contribution >= 0.6 is 11.6 Å². The molecular formula is C25H27ClFN3O3. The molecular weight excluding hydrogens is 445 g/mol. The summed E-state index contributed by atoms with van der Waals surface area (Å²) in [7, 11) is 0. The summed E-state index contributed by atoms with van der Waals surface area (Å²) in [6, 6.07) is 7.99. The van der Waals surface area contributed by atoms with Crippen molar-refractivity contribution < 1.29 is 18.4 Å². The molecule has 2 aromatic heterocycles. The normalized spacial score (nSPS) is 16.6. The van der Waals surface area contributed by atoms with Crippen LogP contribution in [0.3, 0.4) is 0 Å². The van der Waals surface area contributed by atoms with Crippen LogP contribution in [0.5, 0.6) is 0 Å². The SMILES string of the molecule is CC(C)(C)c1cc(-c2ccc(Cl)c(F)c2)nc2cc(C(=O)N3CCCNC(=O)C3(C)C)oc12. The van der Waals surface area contributed by atoms with Gasteiger partial charge in [-0.15, -0.1) is 0 Å². The van der Waals surface area contributed by atoms with Gasteiger partial charge in [0, 0.05) is 30.3 Å². The first kappa shape index (κ1) is 23.2. The van der Waals surface area contributed by atoms with Gasteiger partial charge >= 0.3 is 0 Å². The first-order valence-corrected chi connectivity index (χ1v) is 11.3. The van der Waals surface area contributed by atoms with Crippen molar-refractivity contribution in [2.45, 2.75) is 52.0 Å². The number of hydrogen-bond donors (Lipinski definition) is 1. The van der Waals surface area contributed by atoms with Gasteiger partial charge in [-0.05, 0) is 43.9 Å². The van der Waals surface area contributed by atoms with E-state index in [1.807, 2.05) is 26.8 Å². The summed E-state index contributed by atoms with van der Waals surface area (Å²) in [5.41, 5.74) is 1.61. The minimum Gasteiger partial charge on any atom is -0.449 e. The molecule has 4 rings (SSSR count). The monoisotopic (exact) mass is 471 g/mol. The third-order valence-corrected chi connectivity index (χ3v) is 6.34. The zero-order chi connectivity index (χ0) is 24.1. The standard InChI is InChI=1S/C25H27ClFN3O3/c1-24(2,3)15-12-18(14-7-8-16(26)17(27)11-14)29-19-13-20(33-21(15)19)22(31)30-10-6-9-28-23(32)25(30,4)5/h7-8,11-13H,6,9-10H2,1-5H3,(H,28,32). The number of amides is 2. The summed E-state index contributed by atoms with van der Waals surface area (Å²) in [4.78, 5) is 32.1. The number of hydrogen-bond acceptors (Lipinski definition) is 4. The number of furan rings is 1. The Hall–Kier alpha value is -2.93. The third-order valence-electron chi connectivity index (χ3n) is 6.03. The fourth-order valence-electron chi connectivity index (χ4n) is 4.03. The van der Waals surface area contributed by atoms with E-state index in [2.05, 4.69) is 10.3 Å². The van der Waals surface area contributed by atoms with Gasteiger partial charge in [0.05, 0.1) is 10.7 Å². The lowest BCUT2D eigenvalue weighted by atomic mass is 9.86. The van der Waals surface area contributed by atoms with Crippen LogP contribution in [0.15, 0.2) is 34.7 Å². The van der Waals surface area contributed by atoms with Gasteiger partial charge in [-0.3, -0.25) is 9.59 Å². The average molecular weight is 472 g/mol. The quantitative estimate of drug-likeness (QED) is 0.548. The molecule has 0 atom stereocenters. The molecule has 1 aromatic carbocycles. The average Bonchev–Trinajstić information content (AvgIpc) is 3.11. The number of nitrogens with one attached hydrogen (secondary N) is 1. The summed E-state index contributed by atoms with van der Waals surface area (Å²) in [6.07, 6.45) is 0.652. The molecule has 2 amide bonds. The smallest absolute Gasteiger partial charge is 0.290 e. The van der Waals surface area contributed by atoms with Crippen LogP contribution in [0.1, 0.15) is 57.2 Å². The highest BCUT2D eigenvalue weighted by Crippen LogP contribution is 2.36. The maximum absolute atomic E-state index is 14.1. The maximum Gasteiger partial charge on any atom is 0.290 e. The van der Waals surface area contributed by atoms with Crippen molar-refractivity contribution in [2.24, 2.45) is 0 Å². The van der Waals surface area contributed by atoms with Crippen molar-refractivity contribution in [3.8, 4) is 11.3 Å². The lowest BCUT2D eigenvalue weighted by Crippen LogP contribution is -2.55. The minimum atomic E-state index is -1.02. The molecule has 3 heterocycles. The second kappa shape index (κ2) is 8.13. The van der Waals surface area contributed by atoms with Gasteiger partial charge in [-0.2, -0.15) is 0 Å². The molecule has 6 nitrogen and oxygen atoms in total. The Labute approximate surface area is 197 Å². The molecule has 0 unspecified atom stereocenters. The van der Waals surface area contributed by atoms with Crippen LogP contribution in [-0.4, -0.2) is 40.3 Å². The van der Waals surface area contributed by atoms with Gasteiger partial charge in [0.2, 0.25) is 5.91 Å². The molecule has 1 aliphatic heterocycles. The molecule has 1 N–H and O–H groups in total. The Morgan fingerprint density at radius 2 is 1.97 bits per heavy atom. The zero-order valence-corrected chi connectivity index (χ0v) is 20.1. The van der Waals surface area contributed by atoms with Gasteiger partial charge in [0.15, 0.2) is 11.3 Å². The van der Waals surface area contributed by atoms with Crippen molar-refractivity contribution in [3.05, 3.63) is 52.5 Å². The van der Waals surface area contributed by atoms with Crippen LogP contribution in [0.2, 0.25) is 5.02 Å². The van der Waals surface area contributed by atoms with Crippen LogP contribution < -0.4 is 5.32 Å². The largest absolute Gasteiger partial charge is 0.449 e. The Bertz CT molecular complexity index is 1260. The molecule has 1 aliphatic rings. The summed E-state index contributed by atoms with van der Waals surface area (Å²) in [6.45, 7) is 10.5. The van der Waals surface area contributed by atoms with E-state index < -0.39 is 11.4 Å². The second-order valence-electron chi connectivity index (χ2n) is 9.88. The number of halogens is 2. The number of pyridine rings is 1. The summed E-state index contributed by atoms with van der Waals surface area (Å²) in [5, 5.41) is 2.88. The lowest BCUT2D eigenvalue weighted by molar-refractivity contribution is -0.129. The molecule has 0 saturated carbocycles. The van der Waals surface area contributed by atoms with Crippen molar-refractivity contribution in [3.63, 3.8) is 0 Å². The molecule has 0 radical (unpaired) electrons. The summed E-state index contributed by atoms with van der Waals surface area (Å²) >= 11 is 5.84. The molecule has 8 heteroatoms. The van der Waals surface area contributed by atoms with Crippen molar-refractivity contribution in [2.75, 3.05) is 13.1 Å². The predicted molar refractivity (Wildman–Crippen MR) is 126 cm³/mol. The topological polar surface area (TPSA) is 75.4 Å². The van der Waals surface area contributed by atoms with E-state index in [0.717, 1.165) is 5.56 Å². The highest BCUT2D eigenvalue weighted by atomic mass is 35.5. The van der Waals surface area contributed by atoms with E-state index in [9.17, 15) is 14.0 Å². The van der Waals surface area contributed by atoms with Crippen LogP contribution in [0, 0.1) is 5.82 Å². The number of benzene rings is 1. The van der Waals surface area contributed by atoms with E-state index in [-0.39, 0.29) is 28.0 Å². The molecule has 0 bridgehead atoms. The zero-order valence-electron chi connectivity index (χ0n) is 19.4. The highest BCUT2D eigenvalue weighted by Gasteiger charge is 2.40. The highest BCUT2D eigenvalue weighted by molar-refractivity contribution is 6.30. The summed E-state index contributed by atoms with van der Waals surface area (Å²) < 4.78 is 20.2. The molecule has 0 spiro atoms. The van der Waals surface area contributed by atoms with Crippen molar-refractivity contribution in [1.82, 2.24) is 15.2 Å². The van der Waals surface area contributed by atoms with Gasteiger partial charge in [-0.25, -0.2) is 9.37 Å². The fourth-order valence-corrected chi connectivity index (χ4v) is 4.15. The van der Waals surface area contributed by atoms with E-state index in [0.29, 0.717) is 41.9 Å². The number of rotatable bonds is 2. The van der Waals surface area contributed by atoms with Gasteiger partial charge in [0.1, 0.15) is 16.9 Å². The number of aromatic nitrogens is 1. The molecule has 174 valence electrons. The Balaban J connectivity index is 1.84. The van der Waals surface area contributed by atoms with Gasteiger partial charge in [0.25, 0.3) is 5.91 Å². The Morgan fingerprint density at radius 3 is 2.64 bits per heavy atom. The predicted octanol–water partition coefficient (Wildman–Crippen LogP) is 5.33. The molecule has 1 saturated heterocycles. The van der Waals surface area contributed by atoms with Crippen LogP contribution in [-0.2, 0) is 10.2 Å². The van der Waals surface area contributed by atoms with Crippen LogP contribution in [0.4, 0.5) is 4.39 Å². The fraction of sp³-hybridized carbons (Fsp3) is 0.400. The molecule has 1 fully saturated rings. The third kappa shape index (κ3) is 4.22. The molecule has 0 aliphatic carbocycles. The summed E-state index contributed by atoms with van der Waals surface area (Å²) in [5.74, 6) is -0.984. The van der Waals surface area contributed by atoms with Gasteiger partial charge in [-0.1, -0.05) is 38.4 Å². The van der Waals surface area contributed by atoms with E-state index in [4.69, 9.17) is 16.0 Å². The first-order chi connectivity index (χ1) is 15.4. The Morgan fingerprint density at radius 1 is 1.24 bits per heavy atom. The molecule has 33 heavy (non-hydrogen) atoms. The van der Waals surface area contributed by atoms with Crippen LogP contribution in [0.25, 0.3) is 22.4 Å². The Kier molecular flexibility index (Phi) is 5.73. The van der Waals surface area contributed by atoms with E-state index >= 15 is 0 Å².